The molecule has 0 bridgehead atoms. The average molecular weight is 574 g/mol. The summed E-state index contributed by atoms with van der Waals surface area (Å²) in [6.07, 6.45) is 1.77. The number of halogens is 2. The van der Waals surface area contributed by atoms with Crippen LogP contribution in [0.2, 0.25) is 0 Å². The molecule has 3 aromatic rings. The first-order chi connectivity index (χ1) is 16.9. The van der Waals surface area contributed by atoms with Gasteiger partial charge in [0.1, 0.15) is 18.2 Å². The molecule has 0 aromatic heterocycles. The van der Waals surface area contributed by atoms with E-state index >= 15 is 0 Å². The van der Waals surface area contributed by atoms with Gasteiger partial charge in [-0.1, -0.05) is 48.2 Å². The summed E-state index contributed by atoms with van der Waals surface area (Å²) in [7, 11) is 1.55. The van der Waals surface area contributed by atoms with E-state index in [9.17, 15) is 9.18 Å². The first kappa shape index (κ1) is 25.2. The van der Waals surface area contributed by atoms with Crippen LogP contribution in [0, 0.1) is 5.82 Å². The van der Waals surface area contributed by atoms with Crippen LogP contribution in [0.3, 0.4) is 0 Å². The van der Waals surface area contributed by atoms with Gasteiger partial charge in [0.2, 0.25) is 0 Å². The van der Waals surface area contributed by atoms with Crippen LogP contribution in [-0.2, 0) is 11.4 Å². The van der Waals surface area contributed by atoms with E-state index in [1.807, 2.05) is 31.2 Å². The normalized spacial score (nSPS) is 14.5. The van der Waals surface area contributed by atoms with Crippen LogP contribution in [0.5, 0.6) is 17.2 Å². The van der Waals surface area contributed by atoms with Gasteiger partial charge < -0.3 is 14.2 Å². The van der Waals surface area contributed by atoms with Gasteiger partial charge in [0.15, 0.2) is 15.8 Å². The fourth-order valence-corrected chi connectivity index (χ4v) is 5.31. The van der Waals surface area contributed by atoms with Gasteiger partial charge in [-0.25, -0.2) is 4.39 Å². The van der Waals surface area contributed by atoms with Crippen LogP contribution in [0.4, 0.5) is 10.1 Å². The monoisotopic (exact) mass is 573 g/mol. The van der Waals surface area contributed by atoms with Gasteiger partial charge in [-0.2, -0.15) is 0 Å². The quantitative estimate of drug-likeness (QED) is 0.214. The van der Waals surface area contributed by atoms with Gasteiger partial charge in [0.25, 0.3) is 5.91 Å². The van der Waals surface area contributed by atoms with Gasteiger partial charge in [-0.05, 0) is 76.5 Å². The van der Waals surface area contributed by atoms with E-state index in [4.69, 9.17) is 26.4 Å². The molecule has 0 saturated carbocycles. The summed E-state index contributed by atoms with van der Waals surface area (Å²) in [5.41, 5.74) is 2.17. The van der Waals surface area contributed by atoms with E-state index < -0.39 is 0 Å². The van der Waals surface area contributed by atoms with Gasteiger partial charge in [-0.15, -0.1) is 0 Å². The standard InChI is InChI=1S/C26H21BrFNO4S2/c1-3-32-22-13-17(12-19(27)24(22)33-15-16-8-10-18(28)11-9-16)14-23-25(30)29(26(34)35-23)20-6-4-5-7-21(20)31-2/h4-14H,3,15H2,1-2H3/b23-14+. The van der Waals surface area contributed by atoms with Crippen molar-refractivity contribution in [1.82, 2.24) is 0 Å². The Hall–Kier alpha value is -2.88. The first-order valence-corrected chi connectivity index (χ1v) is 12.7. The van der Waals surface area contributed by atoms with E-state index in [0.717, 1.165) is 11.1 Å². The number of carbonyl (C=O) groups excluding carboxylic acids is 1. The third-order valence-corrected chi connectivity index (χ3v) is 6.94. The zero-order chi connectivity index (χ0) is 24.9. The highest BCUT2D eigenvalue weighted by Crippen LogP contribution is 2.42. The minimum absolute atomic E-state index is 0.227. The largest absolute Gasteiger partial charge is 0.495 e. The third kappa shape index (κ3) is 5.69. The van der Waals surface area contributed by atoms with E-state index in [2.05, 4.69) is 15.9 Å². The Bertz CT molecular complexity index is 1300. The lowest BCUT2D eigenvalue weighted by molar-refractivity contribution is -0.113. The number of methoxy groups -OCH3 is 1. The number of thiocarbonyl (C=S) groups is 1. The number of ether oxygens (including phenoxy) is 3. The third-order valence-electron chi connectivity index (χ3n) is 5.05. The number of rotatable bonds is 8. The van der Waals surface area contributed by atoms with E-state index in [-0.39, 0.29) is 18.3 Å². The molecule has 0 atom stereocenters. The lowest BCUT2D eigenvalue weighted by Gasteiger charge is -2.17. The van der Waals surface area contributed by atoms with Gasteiger partial charge in [0.05, 0.1) is 28.8 Å². The van der Waals surface area contributed by atoms with Crippen molar-refractivity contribution in [2.75, 3.05) is 18.6 Å². The molecule has 1 amide bonds. The Morgan fingerprint density at radius 2 is 1.83 bits per heavy atom. The molecular formula is C26H21BrFNO4S2. The molecule has 9 heteroatoms. The molecule has 0 spiro atoms. The molecule has 1 saturated heterocycles. The SMILES string of the molecule is CCOc1cc(/C=C2/SC(=S)N(c3ccccc3OC)C2=O)cc(Br)c1OCc1ccc(F)cc1. The van der Waals surface area contributed by atoms with Crippen LogP contribution < -0.4 is 19.1 Å². The maximum Gasteiger partial charge on any atom is 0.270 e. The van der Waals surface area contributed by atoms with Crippen molar-refractivity contribution >= 4 is 61.9 Å². The van der Waals surface area contributed by atoms with Gasteiger partial charge >= 0.3 is 0 Å². The fourth-order valence-electron chi connectivity index (χ4n) is 3.45. The smallest absolute Gasteiger partial charge is 0.270 e. The molecule has 3 aromatic carbocycles. The highest BCUT2D eigenvalue weighted by atomic mass is 79.9. The van der Waals surface area contributed by atoms with Crippen molar-refractivity contribution in [1.29, 1.82) is 0 Å². The second kappa shape index (κ2) is 11.2. The summed E-state index contributed by atoms with van der Waals surface area (Å²) in [4.78, 5) is 15.2. The lowest BCUT2D eigenvalue weighted by Crippen LogP contribution is -2.27. The zero-order valence-electron chi connectivity index (χ0n) is 18.9. The van der Waals surface area contributed by atoms with E-state index in [1.54, 1.807) is 37.5 Å². The highest BCUT2D eigenvalue weighted by Gasteiger charge is 2.35. The number of para-hydroxylation sites is 2. The zero-order valence-corrected chi connectivity index (χ0v) is 22.1. The van der Waals surface area contributed by atoms with Crippen LogP contribution in [0.1, 0.15) is 18.1 Å². The Balaban J connectivity index is 1.61. The Morgan fingerprint density at radius 1 is 1.09 bits per heavy atom. The number of carbonyl (C=O) groups is 1. The molecular weight excluding hydrogens is 553 g/mol. The number of benzene rings is 3. The molecule has 0 aliphatic carbocycles. The number of anilines is 1. The molecule has 4 rings (SSSR count). The maximum atomic E-state index is 13.2. The summed E-state index contributed by atoms with van der Waals surface area (Å²) >= 11 is 10.3. The minimum atomic E-state index is -0.301. The molecule has 0 unspecified atom stereocenters. The maximum absolute atomic E-state index is 13.2. The summed E-state index contributed by atoms with van der Waals surface area (Å²) in [5.74, 6) is 1.08. The highest BCUT2D eigenvalue weighted by molar-refractivity contribution is 9.10. The van der Waals surface area contributed by atoms with Crippen LogP contribution in [0.25, 0.3) is 6.08 Å². The Labute approximate surface area is 221 Å². The molecule has 0 radical (unpaired) electrons. The second-order valence-corrected chi connectivity index (χ2v) is 9.90. The van der Waals surface area contributed by atoms with E-state index in [0.29, 0.717) is 43.2 Å². The summed E-state index contributed by atoms with van der Waals surface area (Å²) in [6.45, 7) is 2.55. The van der Waals surface area contributed by atoms with Crippen molar-refractivity contribution in [3.8, 4) is 17.2 Å². The lowest BCUT2D eigenvalue weighted by atomic mass is 10.1. The van der Waals surface area contributed by atoms with Crippen LogP contribution in [0.15, 0.2) is 70.0 Å². The van der Waals surface area contributed by atoms with Crippen molar-refractivity contribution in [3.63, 3.8) is 0 Å². The average Bonchev–Trinajstić information content (AvgIpc) is 3.12. The molecule has 1 aliphatic rings. The molecule has 0 N–H and O–H groups in total. The first-order valence-electron chi connectivity index (χ1n) is 10.7. The molecule has 5 nitrogen and oxygen atoms in total. The number of hydrogen-bond donors (Lipinski definition) is 0. The van der Waals surface area contributed by atoms with Crippen molar-refractivity contribution in [3.05, 3.63) is 87.0 Å². The summed E-state index contributed by atoms with van der Waals surface area (Å²) in [6, 6.07) is 17.0. The van der Waals surface area contributed by atoms with Crippen molar-refractivity contribution < 1.29 is 23.4 Å². The molecule has 35 heavy (non-hydrogen) atoms. The fraction of sp³-hybridized carbons (Fsp3) is 0.154. The predicted octanol–water partition coefficient (Wildman–Crippen LogP) is 6.98. The number of thioether (sulfide) groups is 1. The molecule has 180 valence electrons. The van der Waals surface area contributed by atoms with Crippen molar-refractivity contribution in [2.45, 2.75) is 13.5 Å². The minimum Gasteiger partial charge on any atom is -0.495 e. The number of hydrogen-bond acceptors (Lipinski definition) is 6. The summed E-state index contributed by atoms with van der Waals surface area (Å²) in [5, 5.41) is 0. The van der Waals surface area contributed by atoms with E-state index in [1.165, 1.54) is 28.8 Å². The predicted molar refractivity (Wildman–Crippen MR) is 145 cm³/mol. The van der Waals surface area contributed by atoms with Gasteiger partial charge in [0, 0.05) is 0 Å². The van der Waals surface area contributed by atoms with Crippen LogP contribution in [-0.4, -0.2) is 23.9 Å². The number of nitrogens with zero attached hydrogens (tertiary/aromatic N) is 1. The Kier molecular flexibility index (Phi) is 8.10. The van der Waals surface area contributed by atoms with Crippen LogP contribution >= 0.6 is 39.9 Å². The van der Waals surface area contributed by atoms with Gasteiger partial charge in [-0.3, -0.25) is 9.69 Å². The second-order valence-electron chi connectivity index (χ2n) is 7.37. The molecule has 1 aliphatic heterocycles. The molecule has 1 fully saturated rings. The Morgan fingerprint density at radius 3 is 2.54 bits per heavy atom. The topological polar surface area (TPSA) is 48.0 Å². The summed E-state index contributed by atoms with van der Waals surface area (Å²) < 4.78 is 31.5. The van der Waals surface area contributed by atoms with Crippen molar-refractivity contribution in [2.24, 2.45) is 0 Å². The number of amides is 1. The molecule has 1 heterocycles.